The molecule has 1 aromatic heterocycles. The van der Waals surface area contributed by atoms with E-state index in [2.05, 4.69) is 17.1 Å². The Labute approximate surface area is 206 Å². The van der Waals surface area contributed by atoms with Crippen molar-refractivity contribution in [2.45, 2.75) is 75.0 Å². The van der Waals surface area contributed by atoms with Gasteiger partial charge in [-0.2, -0.15) is 0 Å². The third-order valence-electron chi connectivity index (χ3n) is 8.36. The van der Waals surface area contributed by atoms with Crippen molar-refractivity contribution in [2.75, 3.05) is 30.9 Å². The zero-order chi connectivity index (χ0) is 23.9. The Hall–Kier alpha value is -1.80. The van der Waals surface area contributed by atoms with Crippen LogP contribution in [-0.2, 0) is 9.53 Å². The number of amides is 1. The number of esters is 1. The molecule has 1 amide bonds. The van der Waals surface area contributed by atoms with E-state index in [0.717, 1.165) is 74.6 Å². The normalized spacial score (nSPS) is 33.9. The molecule has 2 unspecified atom stereocenters. The van der Waals surface area contributed by atoms with Gasteiger partial charge in [0.25, 0.3) is 5.91 Å². The van der Waals surface area contributed by atoms with Gasteiger partial charge < -0.3 is 20.1 Å². The number of pyridine rings is 1. The molecule has 5 aliphatic rings. The van der Waals surface area contributed by atoms with Gasteiger partial charge in [0.1, 0.15) is 10.8 Å². The average molecular weight is 488 g/mol. The van der Waals surface area contributed by atoms with Crippen molar-refractivity contribution in [3.8, 4) is 0 Å². The van der Waals surface area contributed by atoms with Crippen LogP contribution in [0.2, 0.25) is 0 Å². The minimum atomic E-state index is -0.496. The van der Waals surface area contributed by atoms with Gasteiger partial charge in [-0.25, -0.2) is 4.98 Å². The molecule has 4 saturated carbocycles. The Balaban J connectivity index is 1.29. The van der Waals surface area contributed by atoms with Crippen LogP contribution < -0.4 is 10.2 Å². The molecule has 8 heteroatoms. The number of nitrogens with one attached hydrogen (secondary N) is 1. The first-order chi connectivity index (χ1) is 16.4. The first-order valence-corrected chi connectivity index (χ1v) is 13.8. The third kappa shape index (κ3) is 4.81. The van der Waals surface area contributed by atoms with E-state index in [9.17, 15) is 14.7 Å². The second-order valence-corrected chi connectivity index (χ2v) is 12.0. The number of nitrogens with zero attached hydrogens (tertiary/aromatic N) is 2. The van der Waals surface area contributed by atoms with Crippen LogP contribution in [0.4, 0.5) is 5.82 Å². The zero-order valence-corrected chi connectivity index (χ0v) is 21.1. The van der Waals surface area contributed by atoms with E-state index in [0.29, 0.717) is 29.7 Å². The van der Waals surface area contributed by atoms with Gasteiger partial charge in [0.2, 0.25) is 0 Å². The Morgan fingerprint density at radius 2 is 2.03 bits per heavy atom. The van der Waals surface area contributed by atoms with Crippen molar-refractivity contribution in [1.82, 2.24) is 10.3 Å². The number of aromatic nitrogens is 1. The quantitative estimate of drug-likeness (QED) is 0.427. The molecule has 34 heavy (non-hydrogen) atoms. The smallest absolute Gasteiger partial charge is 0.305 e. The largest absolute Gasteiger partial charge is 0.469 e. The van der Waals surface area contributed by atoms with Crippen LogP contribution in [0, 0.1) is 23.7 Å². The van der Waals surface area contributed by atoms with Crippen LogP contribution in [0.1, 0.15) is 68.6 Å². The maximum Gasteiger partial charge on any atom is 0.305 e. The molecule has 2 heterocycles. The number of ether oxygens (including phenoxy) is 1. The molecule has 1 aliphatic heterocycles. The summed E-state index contributed by atoms with van der Waals surface area (Å²) < 4.78 is 4.83. The fourth-order valence-corrected chi connectivity index (χ4v) is 7.93. The Kier molecular flexibility index (Phi) is 6.81. The van der Waals surface area contributed by atoms with E-state index < -0.39 is 5.60 Å². The number of thioether (sulfide) groups is 1. The summed E-state index contributed by atoms with van der Waals surface area (Å²) in [6.45, 7) is 3.77. The van der Waals surface area contributed by atoms with E-state index in [1.807, 2.05) is 12.1 Å². The topological polar surface area (TPSA) is 91.8 Å². The van der Waals surface area contributed by atoms with Crippen molar-refractivity contribution in [1.29, 1.82) is 0 Å². The zero-order valence-electron chi connectivity index (χ0n) is 20.3. The molecule has 4 aliphatic carbocycles. The van der Waals surface area contributed by atoms with Crippen LogP contribution in [0.5, 0.6) is 0 Å². The van der Waals surface area contributed by atoms with E-state index in [4.69, 9.17) is 9.72 Å². The maximum atomic E-state index is 13.4. The van der Waals surface area contributed by atoms with Crippen LogP contribution in [0.25, 0.3) is 0 Å². The lowest BCUT2D eigenvalue weighted by Gasteiger charge is -2.58. The monoisotopic (exact) mass is 487 g/mol. The molecule has 186 valence electrons. The third-order valence-corrected chi connectivity index (χ3v) is 9.56. The molecular weight excluding hydrogens is 450 g/mol. The van der Waals surface area contributed by atoms with Gasteiger partial charge in [-0.3, -0.25) is 9.59 Å². The van der Waals surface area contributed by atoms with Crippen molar-refractivity contribution < 1.29 is 19.4 Å². The number of hydrogen-bond donors (Lipinski definition) is 2. The molecule has 0 aromatic carbocycles. The number of carbonyl (C=O) groups is 2. The predicted molar refractivity (Wildman–Crippen MR) is 132 cm³/mol. The summed E-state index contributed by atoms with van der Waals surface area (Å²) in [5.74, 6) is 3.25. The Morgan fingerprint density at radius 3 is 2.71 bits per heavy atom. The van der Waals surface area contributed by atoms with E-state index in [-0.39, 0.29) is 23.8 Å². The second-order valence-electron chi connectivity index (χ2n) is 10.9. The highest BCUT2D eigenvalue weighted by Gasteiger charge is 2.55. The lowest BCUT2D eigenvalue weighted by molar-refractivity contribution is -0.141. The fourth-order valence-electron chi connectivity index (χ4n) is 7.06. The van der Waals surface area contributed by atoms with Crippen LogP contribution in [0.3, 0.4) is 0 Å². The number of carbonyl (C=O) groups excluding carboxylic acids is 2. The summed E-state index contributed by atoms with van der Waals surface area (Å²) in [6.07, 6.45) is 7.22. The minimum absolute atomic E-state index is 0.0351. The summed E-state index contributed by atoms with van der Waals surface area (Å²) in [5.41, 5.74) is 0.157. The lowest BCUT2D eigenvalue weighted by atomic mass is 9.52. The minimum Gasteiger partial charge on any atom is -0.469 e. The summed E-state index contributed by atoms with van der Waals surface area (Å²) in [5, 5.41) is 15.0. The number of anilines is 1. The van der Waals surface area contributed by atoms with Gasteiger partial charge in [-0.05, 0) is 86.5 Å². The first kappa shape index (κ1) is 23.9. The molecule has 0 spiro atoms. The Bertz CT molecular complexity index is 925. The number of rotatable bonds is 8. The van der Waals surface area contributed by atoms with Crippen molar-refractivity contribution in [3.05, 3.63) is 17.7 Å². The van der Waals surface area contributed by atoms with E-state index in [1.165, 1.54) is 7.11 Å². The summed E-state index contributed by atoms with van der Waals surface area (Å²) in [4.78, 5) is 32.2. The lowest BCUT2D eigenvalue weighted by Crippen LogP contribution is -2.61. The standard InChI is InChI=1S/C26H37N3O4S/c1-3-8-34-25-20(4-5-21(27-25)29-7-6-16(15-29)11-22(30)33-2)24(31)28-23-18-9-17-10-19(23)14-26(32,12-17)13-18/h4-5,16-19,23,32H,3,6-15H2,1-2H3,(H,28,31)/t16-,17?,18?,19?,23?,26?/m0/s1. The van der Waals surface area contributed by atoms with Gasteiger partial charge >= 0.3 is 5.97 Å². The molecule has 4 bridgehead atoms. The van der Waals surface area contributed by atoms with E-state index >= 15 is 0 Å². The molecule has 2 N–H and O–H groups in total. The van der Waals surface area contributed by atoms with E-state index in [1.54, 1.807) is 11.8 Å². The van der Waals surface area contributed by atoms with Crippen molar-refractivity contribution in [3.63, 3.8) is 0 Å². The van der Waals surface area contributed by atoms with Crippen LogP contribution in [0.15, 0.2) is 17.2 Å². The number of aliphatic hydroxyl groups is 1. The molecular formula is C26H37N3O4S. The number of methoxy groups -OCH3 is 1. The Morgan fingerprint density at radius 1 is 1.26 bits per heavy atom. The first-order valence-electron chi connectivity index (χ1n) is 12.9. The molecule has 1 aromatic rings. The fraction of sp³-hybridized carbons (Fsp3) is 0.731. The van der Waals surface area contributed by atoms with Crippen molar-refractivity contribution in [2.24, 2.45) is 23.7 Å². The SMILES string of the molecule is CCCSc1nc(N2CC[C@@H](CC(=O)OC)C2)ccc1C(=O)NC1C2CC3CC1CC(O)(C3)C2. The highest BCUT2D eigenvalue weighted by molar-refractivity contribution is 7.99. The summed E-state index contributed by atoms with van der Waals surface area (Å²) in [6, 6.07) is 4.03. The molecule has 6 rings (SSSR count). The molecule has 3 atom stereocenters. The van der Waals surface area contributed by atoms with Crippen molar-refractivity contribution >= 4 is 29.5 Å². The summed E-state index contributed by atoms with van der Waals surface area (Å²) in [7, 11) is 1.43. The second kappa shape index (κ2) is 9.69. The van der Waals surface area contributed by atoms with Gasteiger partial charge in [-0.15, -0.1) is 11.8 Å². The summed E-state index contributed by atoms with van der Waals surface area (Å²) >= 11 is 1.64. The highest BCUT2D eigenvalue weighted by atomic mass is 32.2. The molecule has 0 radical (unpaired) electrons. The molecule has 5 fully saturated rings. The van der Waals surface area contributed by atoms with Gasteiger partial charge in [0.05, 0.1) is 24.7 Å². The van der Waals surface area contributed by atoms with Crippen LogP contribution >= 0.6 is 11.8 Å². The van der Waals surface area contributed by atoms with Crippen LogP contribution in [-0.4, -0.2) is 59.6 Å². The molecule has 1 saturated heterocycles. The maximum absolute atomic E-state index is 13.4. The van der Waals surface area contributed by atoms with Gasteiger partial charge in [0.15, 0.2) is 0 Å². The number of hydrogen-bond acceptors (Lipinski definition) is 7. The van der Waals surface area contributed by atoms with Gasteiger partial charge in [-0.1, -0.05) is 6.92 Å². The average Bonchev–Trinajstić information content (AvgIpc) is 3.27. The molecule has 7 nitrogen and oxygen atoms in total. The predicted octanol–water partition coefficient (Wildman–Crippen LogP) is 3.64. The van der Waals surface area contributed by atoms with Gasteiger partial charge in [0, 0.05) is 19.1 Å². The highest BCUT2D eigenvalue weighted by Crippen LogP contribution is 2.55.